The molecule has 27 nitrogen and oxygen atoms in total. The number of imidazole rings is 3. The average molecular weight is 945 g/mol. The third-order valence-corrected chi connectivity index (χ3v) is 9.32. The molecule has 9 N–H and O–H groups in total. The van der Waals surface area contributed by atoms with Gasteiger partial charge in [0.15, 0.2) is 17.5 Å². The lowest BCUT2D eigenvalue weighted by Gasteiger charge is -2.19. The molecular weight excluding hydrogens is 893 g/mol. The highest BCUT2D eigenvalue weighted by molar-refractivity contribution is 6.05. The first-order valence-corrected chi connectivity index (χ1v) is 20.7. The van der Waals surface area contributed by atoms with Crippen LogP contribution in [0.3, 0.4) is 0 Å². The van der Waals surface area contributed by atoms with Gasteiger partial charge in [-0.1, -0.05) is 0 Å². The monoisotopic (exact) mass is 944 g/mol. The number of hydrogen-bond acceptors (Lipinski definition) is 13. The number of alkyl carbamates (subject to hydrolysis) is 1. The predicted molar refractivity (Wildman–Crippen MR) is 242 cm³/mol. The van der Waals surface area contributed by atoms with E-state index in [1.165, 1.54) is 73.0 Å². The molecule has 68 heavy (non-hydrogen) atoms. The van der Waals surface area contributed by atoms with Crippen molar-refractivity contribution < 1.29 is 53.0 Å². The van der Waals surface area contributed by atoms with E-state index in [1.807, 2.05) is 0 Å². The Morgan fingerprint density at radius 2 is 0.853 bits per heavy atom. The molecule has 5 rings (SSSR count). The van der Waals surface area contributed by atoms with Gasteiger partial charge < -0.3 is 75.2 Å². The zero-order valence-corrected chi connectivity index (χ0v) is 38.4. The number of aryl methyl sites for hydroxylation is 5. The molecule has 0 bridgehead atoms. The molecule has 0 radical (unpaired) electrons. The van der Waals surface area contributed by atoms with Crippen LogP contribution in [-0.2, 0) is 54.4 Å². The van der Waals surface area contributed by atoms with Crippen LogP contribution in [0.15, 0.2) is 43.1 Å². The molecule has 362 valence electrons. The lowest BCUT2D eigenvalue weighted by Crippen LogP contribution is -2.34. The van der Waals surface area contributed by atoms with Crippen LogP contribution in [0.5, 0.6) is 0 Å². The minimum absolute atomic E-state index is 0.0180. The van der Waals surface area contributed by atoms with Crippen molar-refractivity contribution in [1.82, 2.24) is 53.7 Å². The van der Waals surface area contributed by atoms with E-state index < -0.39 is 59.0 Å². The number of hydrogen-bond donors (Lipinski definition) is 9. The van der Waals surface area contributed by atoms with Gasteiger partial charge in [0.1, 0.15) is 17.0 Å². The van der Waals surface area contributed by atoms with Gasteiger partial charge >= 0.3 is 12.1 Å². The summed E-state index contributed by atoms with van der Waals surface area (Å²) in [5.41, 5.74) is 0.183. The maximum atomic E-state index is 13.1. The number of amides is 8. The fraction of sp³-hybridized carbons (Fsp3) is 0.366. The van der Waals surface area contributed by atoms with E-state index >= 15 is 0 Å². The summed E-state index contributed by atoms with van der Waals surface area (Å²) in [6.45, 7) is 5.04. The van der Waals surface area contributed by atoms with Crippen molar-refractivity contribution in [3.05, 3.63) is 72.0 Å². The Labute approximate surface area is 387 Å². The molecule has 0 atom stereocenters. The largest absolute Gasteiger partial charge is 0.475 e. The Kier molecular flexibility index (Phi) is 15.9. The van der Waals surface area contributed by atoms with Crippen molar-refractivity contribution in [2.75, 3.05) is 46.2 Å². The van der Waals surface area contributed by atoms with Gasteiger partial charge in [0, 0.05) is 105 Å². The van der Waals surface area contributed by atoms with Crippen LogP contribution in [0.4, 0.5) is 33.6 Å². The summed E-state index contributed by atoms with van der Waals surface area (Å²) in [7, 11) is 7.74. The van der Waals surface area contributed by atoms with Crippen LogP contribution in [0, 0.1) is 0 Å². The van der Waals surface area contributed by atoms with Crippen molar-refractivity contribution in [1.29, 1.82) is 0 Å². The SMILES string of the molecule is Cn1cc(NC(=O)c2nc(NC(=O)CCNC(=O)c3cc(NC(=O)c4nc(NC(=O)CCNC(=O)OC(C)(C)C)cn4C)cn3C)cn2C)cc1C(=O)NCCC(=O)Nc1cn(C)c(C(=O)O)n1. The second-order valence-electron chi connectivity index (χ2n) is 16.2. The predicted octanol–water partition coefficient (Wildman–Crippen LogP) is 1.14. The minimum Gasteiger partial charge on any atom is -0.475 e. The highest BCUT2D eigenvalue weighted by Gasteiger charge is 2.22. The van der Waals surface area contributed by atoms with Gasteiger partial charge in [-0.25, -0.2) is 24.5 Å². The molecule has 27 heteroatoms. The minimum atomic E-state index is -1.25. The topological polar surface area (TPSA) is 343 Å². The van der Waals surface area contributed by atoms with Crippen LogP contribution in [-0.4, -0.2) is 122 Å². The number of carboxylic acid groups (broad SMARTS) is 1. The normalized spacial score (nSPS) is 11.0. The number of anilines is 5. The second-order valence-corrected chi connectivity index (χ2v) is 16.2. The molecule has 0 aliphatic rings. The van der Waals surface area contributed by atoms with Gasteiger partial charge in [-0.2, -0.15) is 0 Å². The molecule has 0 saturated carbocycles. The number of rotatable bonds is 19. The number of nitrogens with zero attached hydrogens (tertiary/aromatic N) is 8. The molecule has 0 fully saturated rings. The Bertz CT molecular complexity index is 2770. The number of carbonyl (C=O) groups is 9. The first-order chi connectivity index (χ1) is 32.0. The van der Waals surface area contributed by atoms with E-state index in [2.05, 4.69) is 57.5 Å². The fourth-order valence-electron chi connectivity index (χ4n) is 6.26. The number of carbonyl (C=O) groups excluding carboxylic acids is 8. The summed E-state index contributed by atoms with van der Waals surface area (Å²) in [6.07, 6.45) is 6.18. The lowest BCUT2D eigenvalue weighted by atomic mass is 10.2. The molecule has 0 unspecified atom stereocenters. The number of aromatic carboxylic acids is 1. The summed E-state index contributed by atoms with van der Waals surface area (Å²) in [6, 6.07) is 2.85. The number of nitrogens with one attached hydrogen (secondary N) is 8. The van der Waals surface area contributed by atoms with Crippen molar-refractivity contribution >= 4 is 82.2 Å². The lowest BCUT2D eigenvalue weighted by molar-refractivity contribution is -0.117. The van der Waals surface area contributed by atoms with E-state index in [0.29, 0.717) is 0 Å². The molecule has 0 spiro atoms. The van der Waals surface area contributed by atoms with Gasteiger partial charge in [-0.15, -0.1) is 0 Å². The van der Waals surface area contributed by atoms with Gasteiger partial charge in [-0.05, 0) is 32.9 Å². The summed E-state index contributed by atoms with van der Waals surface area (Å²) in [5.74, 6) is -5.21. The van der Waals surface area contributed by atoms with Crippen molar-refractivity contribution in [3.63, 3.8) is 0 Å². The molecule has 5 aromatic heterocycles. The van der Waals surface area contributed by atoms with Crippen LogP contribution in [0.1, 0.15) is 92.9 Å². The molecule has 8 amide bonds. The van der Waals surface area contributed by atoms with Gasteiger partial charge in [-0.3, -0.25) is 33.6 Å². The number of ether oxygens (including phenoxy) is 1. The Hall–Kier alpha value is -8.78. The molecule has 0 aromatic carbocycles. The average Bonchev–Trinajstić information content (AvgIpc) is 4.05. The van der Waals surface area contributed by atoms with Crippen LogP contribution in [0.2, 0.25) is 0 Å². The van der Waals surface area contributed by atoms with Crippen molar-refractivity contribution in [2.45, 2.75) is 45.6 Å². The van der Waals surface area contributed by atoms with Crippen molar-refractivity contribution in [2.24, 2.45) is 35.2 Å². The second kappa shape index (κ2) is 21.5. The molecule has 0 aliphatic heterocycles. The number of carboxylic acids is 1. The maximum Gasteiger partial charge on any atom is 0.407 e. The molecule has 5 heterocycles. The van der Waals surface area contributed by atoms with Crippen LogP contribution >= 0.6 is 0 Å². The van der Waals surface area contributed by atoms with E-state index in [0.717, 1.165) is 0 Å². The fourth-order valence-corrected chi connectivity index (χ4v) is 6.26. The summed E-state index contributed by atoms with van der Waals surface area (Å²) < 4.78 is 12.1. The van der Waals surface area contributed by atoms with Gasteiger partial charge in [0.25, 0.3) is 23.6 Å². The van der Waals surface area contributed by atoms with Gasteiger partial charge in [0.05, 0.1) is 11.4 Å². The molecule has 5 aromatic rings. The van der Waals surface area contributed by atoms with E-state index in [-0.39, 0.29) is 96.6 Å². The van der Waals surface area contributed by atoms with Crippen molar-refractivity contribution in [3.8, 4) is 0 Å². The van der Waals surface area contributed by atoms with E-state index in [9.17, 15) is 43.2 Å². The zero-order chi connectivity index (χ0) is 50.0. The van der Waals surface area contributed by atoms with Crippen LogP contribution in [0.25, 0.3) is 0 Å². The maximum absolute atomic E-state index is 13.1. The smallest absolute Gasteiger partial charge is 0.407 e. The summed E-state index contributed by atoms with van der Waals surface area (Å²) in [5, 5.41) is 29.8. The first-order valence-electron chi connectivity index (χ1n) is 20.7. The molecular formula is C41H52N16O11. The summed E-state index contributed by atoms with van der Waals surface area (Å²) >= 11 is 0. The first kappa shape index (κ1) is 50.2. The summed E-state index contributed by atoms with van der Waals surface area (Å²) in [4.78, 5) is 125. The Balaban J connectivity index is 1.03. The molecule has 0 aliphatic carbocycles. The Morgan fingerprint density at radius 3 is 1.21 bits per heavy atom. The third kappa shape index (κ3) is 13.9. The van der Waals surface area contributed by atoms with Crippen LogP contribution < -0.4 is 42.5 Å². The number of aromatic nitrogens is 8. The van der Waals surface area contributed by atoms with Gasteiger partial charge in [0.2, 0.25) is 35.2 Å². The quantitative estimate of drug-likeness (QED) is 0.0561. The molecule has 0 saturated heterocycles. The highest BCUT2D eigenvalue weighted by atomic mass is 16.6. The highest BCUT2D eigenvalue weighted by Crippen LogP contribution is 2.18. The van der Waals surface area contributed by atoms with E-state index in [4.69, 9.17) is 9.84 Å². The third-order valence-electron chi connectivity index (χ3n) is 9.32. The Morgan fingerprint density at radius 1 is 0.500 bits per heavy atom. The van der Waals surface area contributed by atoms with E-state index in [1.54, 1.807) is 49.0 Å². The standard InChI is InChI=1S/C41H52N16O11/c1-41(2,3)68-40(67)44-14-11-31(60)48-27-20-56(7)33(51-27)38(64)46-23-15-24(53(4)18-23)35(61)42-12-9-29(58)47-26-19-55(6)32(50-26)37(63)45-22-16-25(54(5)17-22)36(62)43-13-10-30(59)49-28-21-57(8)34(52-28)39(65)66/h15-21H,9-14H2,1-8H3,(H,42,61)(H,43,62)(H,44,67)(H,45,63)(H,46,64)(H,47,58)(H,48,60)(H,49,59)(H,65,66). The zero-order valence-electron chi connectivity index (χ0n) is 38.4.